The van der Waals surface area contributed by atoms with E-state index in [1.807, 2.05) is 6.92 Å². The summed E-state index contributed by atoms with van der Waals surface area (Å²) in [5.74, 6) is 0.121. The van der Waals surface area contributed by atoms with E-state index < -0.39 is 0 Å². The summed E-state index contributed by atoms with van der Waals surface area (Å²) in [5, 5.41) is 4.37. The van der Waals surface area contributed by atoms with Crippen molar-refractivity contribution in [2.75, 3.05) is 5.32 Å². The van der Waals surface area contributed by atoms with Crippen molar-refractivity contribution in [3.63, 3.8) is 0 Å². The van der Waals surface area contributed by atoms with E-state index in [9.17, 15) is 4.79 Å². The Morgan fingerprint density at radius 2 is 1.79 bits per heavy atom. The van der Waals surface area contributed by atoms with Gasteiger partial charge in [0, 0.05) is 21.3 Å². The number of benzene rings is 3. The lowest BCUT2D eigenvalue weighted by Gasteiger charge is -2.06. The largest absolute Gasteiger partial charge is 0.436 e. The number of carbonyl (C=O) groups is 1. The molecule has 1 amide bonds. The number of amides is 1. The zero-order valence-electron chi connectivity index (χ0n) is 14.6. The van der Waals surface area contributed by atoms with E-state index in [1.54, 1.807) is 54.6 Å². The fraction of sp³-hybridized carbons (Fsp3) is 0.0476. The molecule has 1 aromatic heterocycles. The minimum atomic E-state index is -0.259. The first-order valence-electron chi connectivity index (χ1n) is 8.34. The minimum Gasteiger partial charge on any atom is -0.436 e. The summed E-state index contributed by atoms with van der Waals surface area (Å²) in [7, 11) is 0. The number of nitrogens with one attached hydrogen (secondary N) is 1. The van der Waals surface area contributed by atoms with Gasteiger partial charge in [0.2, 0.25) is 5.89 Å². The standard InChI is InChI=1S/C21H13Cl3N2O2/c1-11-2-3-12(8-16(11)23)20(27)25-14-5-7-19-18(10-14)26-21(28-19)15-6-4-13(22)9-17(15)24/h2-10H,1H3,(H,25,27). The Hall–Kier alpha value is -2.53. The molecule has 0 aliphatic carbocycles. The van der Waals surface area contributed by atoms with Gasteiger partial charge in [-0.3, -0.25) is 4.79 Å². The first-order valence-corrected chi connectivity index (χ1v) is 9.47. The van der Waals surface area contributed by atoms with Gasteiger partial charge in [-0.05, 0) is 61.0 Å². The third-order valence-electron chi connectivity index (χ3n) is 4.24. The van der Waals surface area contributed by atoms with Crippen molar-refractivity contribution in [2.45, 2.75) is 6.92 Å². The van der Waals surface area contributed by atoms with E-state index in [4.69, 9.17) is 39.2 Å². The van der Waals surface area contributed by atoms with Crippen molar-refractivity contribution in [3.05, 3.63) is 80.8 Å². The van der Waals surface area contributed by atoms with Gasteiger partial charge in [0.15, 0.2) is 5.58 Å². The maximum Gasteiger partial charge on any atom is 0.255 e. The van der Waals surface area contributed by atoms with E-state index in [1.165, 1.54) is 0 Å². The van der Waals surface area contributed by atoms with Crippen LogP contribution in [0.4, 0.5) is 5.69 Å². The number of anilines is 1. The lowest BCUT2D eigenvalue weighted by Crippen LogP contribution is -2.11. The molecule has 0 saturated carbocycles. The Kier molecular flexibility index (Phi) is 5.02. The van der Waals surface area contributed by atoms with Crippen LogP contribution in [-0.4, -0.2) is 10.9 Å². The van der Waals surface area contributed by atoms with Crippen molar-refractivity contribution in [1.82, 2.24) is 4.98 Å². The highest BCUT2D eigenvalue weighted by Gasteiger charge is 2.14. The zero-order chi connectivity index (χ0) is 19.8. The molecule has 0 aliphatic heterocycles. The second-order valence-corrected chi connectivity index (χ2v) is 7.49. The molecule has 28 heavy (non-hydrogen) atoms. The van der Waals surface area contributed by atoms with E-state index in [0.29, 0.717) is 48.9 Å². The van der Waals surface area contributed by atoms with Crippen LogP contribution in [0.1, 0.15) is 15.9 Å². The first-order chi connectivity index (χ1) is 13.4. The van der Waals surface area contributed by atoms with Crippen LogP contribution in [0.5, 0.6) is 0 Å². The quantitative estimate of drug-likeness (QED) is 0.379. The molecular weight excluding hydrogens is 419 g/mol. The molecule has 140 valence electrons. The minimum absolute atomic E-state index is 0.259. The molecule has 0 aliphatic rings. The van der Waals surface area contributed by atoms with Crippen LogP contribution in [-0.2, 0) is 0 Å². The molecule has 0 unspecified atom stereocenters. The monoisotopic (exact) mass is 430 g/mol. The summed E-state index contributed by atoms with van der Waals surface area (Å²) in [6.45, 7) is 1.88. The Balaban J connectivity index is 1.62. The Bertz CT molecular complexity index is 1220. The molecule has 7 heteroatoms. The molecule has 4 nitrogen and oxygen atoms in total. The van der Waals surface area contributed by atoms with Gasteiger partial charge >= 0.3 is 0 Å². The molecular formula is C21H13Cl3N2O2. The van der Waals surface area contributed by atoms with Gasteiger partial charge in [-0.25, -0.2) is 4.98 Å². The smallest absolute Gasteiger partial charge is 0.255 e. The molecule has 4 aromatic rings. The number of carbonyl (C=O) groups excluding carboxylic acids is 1. The highest BCUT2D eigenvalue weighted by Crippen LogP contribution is 2.32. The predicted molar refractivity (Wildman–Crippen MR) is 114 cm³/mol. The number of nitrogens with zero attached hydrogens (tertiary/aromatic N) is 1. The third-order valence-corrected chi connectivity index (χ3v) is 5.20. The lowest BCUT2D eigenvalue weighted by molar-refractivity contribution is 0.102. The summed E-state index contributed by atoms with van der Waals surface area (Å²) in [6.07, 6.45) is 0. The van der Waals surface area contributed by atoms with Gasteiger partial charge in [0.05, 0.1) is 10.6 Å². The van der Waals surface area contributed by atoms with Crippen molar-refractivity contribution >= 4 is 57.5 Å². The van der Waals surface area contributed by atoms with E-state index in [2.05, 4.69) is 10.3 Å². The first kappa shape index (κ1) is 18.8. The lowest BCUT2D eigenvalue weighted by atomic mass is 10.1. The summed E-state index contributed by atoms with van der Waals surface area (Å²) >= 11 is 18.3. The number of hydrogen-bond acceptors (Lipinski definition) is 3. The number of oxazole rings is 1. The summed E-state index contributed by atoms with van der Waals surface area (Å²) < 4.78 is 5.78. The van der Waals surface area contributed by atoms with Crippen LogP contribution in [0, 0.1) is 6.92 Å². The summed E-state index contributed by atoms with van der Waals surface area (Å²) in [5.41, 5.74) is 3.80. The van der Waals surface area contributed by atoms with Crippen LogP contribution in [0.25, 0.3) is 22.6 Å². The fourth-order valence-electron chi connectivity index (χ4n) is 2.72. The normalized spacial score (nSPS) is 11.0. The average Bonchev–Trinajstić information content (AvgIpc) is 3.06. The van der Waals surface area contributed by atoms with Crippen LogP contribution in [0.2, 0.25) is 15.1 Å². The number of aromatic nitrogens is 1. The number of hydrogen-bond donors (Lipinski definition) is 1. The van der Waals surface area contributed by atoms with Crippen LogP contribution < -0.4 is 5.32 Å². The molecule has 3 aromatic carbocycles. The van der Waals surface area contributed by atoms with Gasteiger partial charge in [-0.2, -0.15) is 0 Å². The molecule has 4 rings (SSSR count). The van der Waals surface area contributed by atoms with Gasteiger partial charge in [-0.1, -0.05) is 40.9 Å². The molecule has 0 radical (unpaired) electrons. The van der Waals surface area contributed by atoms with Crippen LogP contribution in [0.15, 0.2) is 59.0 Å². The fourth-order valence-corrected chi connectivity index (χ4v) is 3.39. The zero-order valence-corrected chi connectivity index (χ0v) is 16.9. The molecule has 1 heterocycles. The van der Waals surface area contributed by atoms with Gasteiger partial charge in [0.1, 0.15) is 5.52 Å². The Labute approximate surface area is 176 Å². The number of halogens is 3. The van der Waals surface area contributed by atoms with Crippen molar-refractivity contribution in [2.24, 2.45) is 0 Å². The van der Waals surface area contributed by atoms with Crippen molar-refractivity contribution in [3.8, 4) is 11.5 Å². The maximum absolute atomic E-state index is 12.5. The predicted octanol–water partition coefficient (Wildman–Crippen LogP) is 7.02. The molecule has 0 atom stereocenters. The highest BCUT2D eigenvalue weighted by atomic mass is 35.5. The summed E-state index contributed by atoms with van der Waals surface area (Å²) in [4.78, 5) is 16.9. The Morgan fingerprint density at radius 3 is 2.54 bits per heavy atom. The second kappa shape index (κ2) is 7.47. The molecule has 1 N–H and O–H groups in total. The van der Waals surface area contributed by atoms with Crippen molar-refractivity contribution < 1.29 is 9.21 Å². The van der Waals surface area contributed by atoms with E-state index >= 15 is 0 Å². The highest BCUT2D eigenvalue weighted by molar-refractivity contribution is 6.36. The topological polar surface area (TPSA) is 55.1 Å². The molecule has 0 bridgehead atoms. The van der Waals surface area contributed by atoms with Gasteiger partial charge in [-0.15, -0.1) is 0 Å². The number of fused-ring (bicyclic) bond motifs is 1. The SMILES string of the molecule is Cc1ccc(C(=O)Nc2ccc3oc(-c4ccc(Cl)cc4Cl)nc3c2)cc1Cl. The third kappa shape index (κ3) is 3.72. The van der Waals surface area contributed by atoms with Crippen LogP contribution >= 0.6 is 34.8 Å². The van der Waals surface area contributed by atoms with E-state index in [-0.39, 0.29) is 5.91 Å². The second-order valence-electron chi connectivity index (χ2n) is 6.24. The summed E-state index contributed by atoms with van der Waals surface area (Å²) in [6, 6.07) is 15.5. The van der Waals surface area contributed by atoms with Gasteiger partial charge in [0.25, 0.3) is 5.91 Å². The van der Waals surface area contributed by atoms with E-state index in [0.717, 1.165) is 5.56 Å². The number of aryl methyl sites for hydroxylation is 1. The van der Waals surface area contributed by atoms with Crippen molar-refractivity contribution in [1.29, 1.82) is 0 Å². The molecule has 0 spiro atoms. The maximum atomic E-state index is 12.5. The van der Waals surface area contributed by atoms with Gasteiger partial charge < -0.3 is 9.73 Å². The molecule has 0 fully saturated rings. The Morgan fingerprint density at radius 1 is 0.964 bits per heavy atom. The number of rotatable bonds is 3. The van der Waals surface area contributed by atoms with Crippen LogP contribution in [0.3, 0.4) is 0 Å². The molecule has 0 saturated heterocycles. The average molecular weight is 432 g/mol.